The van der Waals surface area contributed by atoms with Gasteiger partial charge in [0, 0.05) is 6.42 Å². The SMILES string of the molecule is CCCCCCCCCC/C=C\COC(=O)CCCCCCCI. The van der Waals surface area contributed by atoms with Gasteiger partial charge in [0.2, 0.25) is 0 Å². The highest BCUT2D eigenvalue weighted by molar-refractivity contribution is 14.1. The molecule has 0 aromatic carbocycles. The van der Waals surface area contributed by atoms with Crippen molar-refractivity contribution in [1.82, 2.24) is 0 Å². The van der Waals surface area contributed by atoms with Crippen LogP contribution in [0.15, 0.2) is 12.2 Å². The van der Waals surface area contributed by atoms with Gasteiger partial charge in [-0.1, -0.05) is 106 Å². The van der Waals surface area contributed by atoms with Gasteiger partial charge in [-0.15, -0.1) is 0 Å². The summed E-state index contributed by atoms with van der Waals surface area (Å²) in [5.41, 5.74) is 0. The maximum atomic E-state index is 11.6. The molecule has 0 unspecified atom stereocenters. The summed E-state index contributed by atoms with van der Waals surface area (Å²) in [7, 11) is 0. The lowest BCUT2D eigenvalue weighted by molar-refractivity contribution is -0.142. The summed E-state index contributed by atoms with van der Waals surface area (Å²) >= 11 is 2.42. The highest BCUT2D eigenvalue weighted by Gasteiger charge is 2.00. The molecule has 0 saturated heterocycles. The number of hydrogen-bond acceptors (Lipinski definition) is 2. The monoisotopic (exact) mass is 450 g/mol. The number of esters is 1. The van der Waals surface area contributed by atoms with Crippen molar-refractivity contribution >= 4 is 28.6 Å². The van der Waals surface area contributed by atoms with E-state index in [-0.39, 0.29) is 5.97 Å². The number of carbonyl (C=O) groups excluding carboxylic acids is 1. The van der Waals surface area contributed by atoms with E-state index in [4.69, 9.17) is 4.74 Å². The van der Waals surface area contributed by atoms with Gasteiger partial charge < -0.3 is 4.74 Å². The highest BCUT2D eigenvalue weighted by atomic mass is 127. The topological polar surface area (TPSA) is 26.3 Å². The summed E-state index contributed by atoms with van der Waals surface area (Å²) < 4.78 is 6.47. The Bertz CT molecular complexity index is 290. The number of allylic oxidation sites excluding steroid dienone is 1. The van der Waals surface area contributed by atoms with Gasteiger partial charge in [0.05, 0.1) is 0 Å². The van der Waals surface area contributed by atoms with Crippen molar-refractivity contribution in [1.29, 1.82) is 0 Å². The minimum atomic E-state index is -0.0411. The second-order valence-corrected chi connectivity index (χ2v) is 7.70. The number of halogens is 1. The van der Waals surface area contributed by atoms with E-state index in [1.165, 1.54) is 75.1 Å². The first-order valence-electron chi connectivity index (χ1n) is 10.2. The Morgan fingerprint density at radius 3 is 2.04 bits per heavy atom. The summed E-state index contributed by atoms with van der Waals surface area (Å²) in [6.07, 6.45) is 22.7. The Hall–Kier alpha value is -0.0600. The van der Waals surface area contributed by atoms with Crippen LogP contribution in [0.4, 0.5) is 0 Å². The van der Waals surface area contributed by atoms with Crippen LogP contribution in [-0.4, -0.2) is 17.0 Å². The lowest BCUT2D eigenvalue weighted by Crippen LogP contribution is -2.03. The molecule has 0 fully saturated rings. The van der Waals surface area contributed by atoms with Gasteiger partial charge in [-0.2, -0.15) is 0 Å². The van der Waals surface area contributed by atoms with Crippen LogP contribution in [0.25, 0.3) is 0 Å². The molecule has 0 aromatic rings. The Morgan fingerprint density at radius 1 is 0.792 bits per heavy atom. The summed E-state index contributed by atoms with van der Waals surface area (Å²) in [5.74, 6) is -0.0411. The third-order valence-electron chi connectivity index (χ3n) is 4.25. The molecule has 3 heteroatoms. The smallest absolute Gasteiger partial charge is 0.306 e. The van der Waals surface area contributed by atoms with E-state index in [2.05, 4.69) is 35.6 Å². The molecular formula is C21H39IO2. The van der Waals surface area contributed by atoms with Crippen molar-refractivity contribution in [3.63, 3.8) is 0 Å². The van der Waals surface area contributed by atoms with E-state index in [1.54, 1.807) is 0 Å². The van der Waals surface area contributed by atoms with Crippen LogP contribution >= 0.6 is 22.6 Å². The standard InChI is InChI=1S/C21H39IO2/c1-2-3-4-5-6-7-8-9-10-14-17-20-24-21(23)18-15-12-11-13-16-19-22/h14,17H,2-13,15-16,18-20H2,1H3/b17-14-. The van der Waals surface area contributed by atoms with E-state index < -0.39 is 0 Å². The normalized spacial score (nSPS) is 11.2. The molecule has 0 atom stereocenters. The molecule has 0 spiro atoms. The number of hydrogen-bond donors (Lipinski definition) is 0. The second kappa shape index (κ2) is 21.0. The summed E-state index contributed by atoms with van der Waals surface area (Å²) in [5, 5.41) is 0. The number of rotatable bonds is 18. The zero-order valence-corrected chi connectivity index (χ0v) is 18.0. The minimum absolute atomic E-state index is 0.0411. The number of unbranched alkanes of at least 4 members (excludes halogenated alkanes) is 12. The van der Waals surface area contributed by atoms with Gasteiger partial charge in [-0.25, -0.2) is 0 Å². The maximum Gasteiger partial charge on any atom is 0.306 e. The van der Waals surface area contributed by atoms with Crippen LogP contribution in [0, 0.1) is 0 Å². The predicted octanol–water partition coefficient (Wildman–Crippen LogP) is 7.39. The van der Waals surface area contributed by atoms with Crippen molar-refractivity contribution in [3.8, 4) is 0 Å². The minimum Gasteiger partial charge on any atom is -0.461 e. The molecule has 0 bridgehead atoms. The first kappa shape index (κ1) is 23.9. The largest absolute Gasteiger partial charge is 0.461 e. The fourth-order valence-corrected chi connectivity index (χ4v) is 3.23. The quantitative estimate of drug-likeness (QED) is 0.0715. The molecule has 0 saturated carbocycles. The van der Waals surface area contributed by atoms with Crippen molar-refractivity contribution < 1.29 is 9.53 Å². The fourth-order valence-electron chi connectivity index (χ4n) is 2.69. The Kier molecular flexibility index (Phi) is 20.9. The molecule has 0 amide bonds. The third-order valence-corrected chi connectivity index (χ3v) is 5.01. The first-order chi connectivity index (χ1) is 11.8. The molecule has 0 aliphatic carbocycles. The molecule has 24 heavy (non-hydrogen) atoms. The summed E-state index contributed by atoms with van der Waals surface area (Å²) in [4.78, 5) is 11.6. The van der Waals surface area contributed by atoms with E-state index in [1.807, 2.05) is 6.08 Å². The van der Waals surface area contributed by atoms with E-state index in [9.17, 15) is 4.79 Å². The third kappa shape index (κ3) is 20.0. The molecule has 0 heterocycles. The molecular weight excluding hydrogens is 411 g/mol. The van der Waals surface area contributed by atoms with Crippen LogP contribution in [0.5, 0.6) is 0 Å². The van der Waals surface area contributed by atoms with E-state index in [0.717, 1.165) is 19.3 Å². The van der Waals surface area contributed by atoms with Crippen molar-refractivity contribution in [2.45, 2.75) is 103 Å². The van der Waals surface area contributed by atoms with Crippen LogP contribution in [0.2, 0.25) is 0 Å². The maximum absolute atomic E-state index is 11.6. The average molecular weight is 450 g/mol. The van der Waals surface area contributed by atoms with Crippen LogP contribution in [0.1, 0.15) is 103 Å². The highest BCUT2D eigenvalue weighted by Crippen LogP contribution is 2.10. The Balaban J connectivity index is 3.23. The Morgan fingerprint density at radius 2 is 1.38 bits per heavy atom. The van der Waals surface area contributed by atoms with Crippen LogP contribution < -0.4 is 0 Å². The van der Waals surface area contributed by atoms with Gasteiger partial charge >= 0.3 is 5.97 Å². The van der Waals surface area contributed by atoms with Gasteiger partial charge in [-0.3, -0.25) is 4.79 Å². The van der Waals surface area contributed by atoms with Crippen molar-refractivity contribution in [3.05, 3.63) is 12.2 Å². The number of carbonyl (C=O) groups is 1. The van der Waals surface area contributed by atoms with Gasteiger partial charge in [0.15, 0.2) is 0 Å². The lowest BCUT2D eigenvalue weighted by Gasteiger charge is -2.02. The number of alkyl halides is 1. The molecule has 0 rings (SSSR count). The van der Waals surface area contributed by atoms with Gasteiger partial charge in [0.25, 0.3) is 0 Å². The first-order valence-corrected chi connectivity index (χ1v) is 11.7. The molecule has 0 aliphatic heterocycles. The molecule has 0 aliphatic rings. The molecule has 142 valence electrons. The van der Waals surface area contributed by atoms with E-state index in [0.29, 0.717) is 13.0 Å². The molecule has 0 N–H and O–H groups in total. The summed E-state index contributed by atoms with van der Waals surface area (Å²) in [6.45, 7) is 2.71. The predicted molar refractivity (Wildman–Crippen MR) is 114 cm³/mol. The molecule has 0 radical (unpaired) electrons. The lowest BCUT2D eigenvalue weighted by atomic mass is 10.1. The molecule has 0 aromatic heterocycles. The zero-order valence-electron chi connectivity index (χ0n) is 15.9. The second-order valence-electron chi connectivity index (χ2n) is 6.62. The molecule has 2 nitrogen and oxygen atoms in total. The van der Waals surface area contributed by atoms with Crippen LogP contribution in [-0.2, 0) is 9.53 Å². The zero-order chi connectivity index (χ0) is 17.7. The Labute approximate surface area is 164 Å². The van der Waals surface area contributed by atoms with Crippen molar-refractivity contribution in [2.75, 3.05) is 11.0 Å². The van der Waals surface area contributed by atoms with Gasteiger partial charge in [0.1, 0.15) is 6.61 Å². The average Bonchev–Trinajstić information content (AvgIpc) is 2.59. The van der Waals surface area contributed by atoms with Crippen molar-refractivity contribution in [2.24, 2.45) is 0 Å². The van der Waals surface area contributed by atoms with Gasteiger partial charge in [-0.05, 0) is 30.1 Å². The van der Waals surface area contributed by atoms with E-state index >= 15 is 0 Å². The summed E-state index contributed by atoms with van der Waals surface area (Å²) in [6, 6.07) is 0. The van der Waals surface area contributed by atoms with Crippen LogP contribution in [0.3, 0.4) is 0 Å². The number of ether oxygens (including phenoxy) is 1. The fraction of sp³-hybridized carbons (Fsp3) is 0.857.